The molecule has 0 spiro atoms. The Bertz CT molecular complexity index is 437. The van der Waals surface area contributed by atoms with Crippen LogP contribution in [0.4, 0.5) is 5.69 Å². The van der Waals surface area contributed by atoms with E-state index in [1.165, 1.54) is 0 Å². The van der Waals surface area contributed by atoms with Crippen LogP contribution in [-0.4, -0.2) is 15.4 Å². The highest BCUT2D eigenvalue weighted by atomic mass is 79.9. The third-order valence-electron chi connectivity index (χ3n) is 2.14. The normalized spacial score (nSPS) is 14.4. The van der Waals surface area contributed by atoms with Gasteiger partial charge in [0, 0.05) is 10.2 Å². The zero-order valence-corrected chi connectivity index (χ0v) is 11.2. The molecule has 1 rings (SSSR count). The number of nitrogen functional groups attached to an aromatic ring is 1. The van der Waals surface area contributed by atoms with Crippen LogP contribution in [0.15, 0.2) is 27.6 Å². The molecule has 0 saturated carbocycles. The average molecular weight is 305 g/mol. The van der Waals surface area contributed by atoms with Crippen LogP contribution in [0.25, 0.3) is 0 Å². The summed E-state index contributed by atoms with van der Waals surface area (Å²) >= 11 is 3.27. The van der Waals surface area contributed by atoms with E-state index < -0.39 is 22.0 Å². The average Bonchev–Trinajstić information content (AvgIpc) is 2.22. The lowest BCUT2D eigenvalue weighted by Gasteiger charge is -2.12. The monoisotopic (exact) mass is 304 g/mol. The van der Waals surface area contributed by atoms with Crippen LogP contribution in [0.2, 0.25) is 0 Å². The topological polar surface area (TPSA) is 86.2 Å². The van der Waals surface area contributed by atoms with Gasteiger partial charge in [0.15, 0.2) is 0 Å². The van der Waals surface area contributed by atoms with Crippen molar-refractivity contribution in [2.45, 2.75) is 23.5 Å². The zero-order valence-electron chi connectivity index (χ0n) is 8.77. The number of rotatable bonds is 4. The molecule has 0 radical (unpaired) electrons. The van der Waals surface area contributed by atoms with Gasteiger partial charge in [-0.1, -0.05) is 22.9 Å². The summed E-state index contributed by atoms with van der Waals surface area (Å²) in [5, 5.41) is -0.698. The molecule has 0 aliphatic rings. The summed E-state index contributed by atoms with van der Waals surface area (Å²) in [6, 6.07) is 5.04. The lowest BCUT2D eigenvalue weighted by molar-refractivity contribution is -0.117. The highest BCUT2D eigenvalue weighted by molar-refractivity contribution is 9.10. The number of hydrogen-bond acceptors (Lipinski definition) is 3. The van der Waals surface area contributed by atoms with Crippen LogP contribution in [0, 0.1) is 0 Å². The number of anilines is 1. The van der Waals surface area contributed by atoms with Gasteiger partial charge < -0.3 is 11.5 Å². The summed E-state index contributed by atoms with van der Waals surface area (Å²) in [4.78, 5) is 11.6. The molecule has 88 valence electrons. The third-order valence-corrected chi connectivity index (χ3v) is 4.50. The van der Waals surface area contributed by atoms with E-state index in [-0.39, 0.29) is 0 Å². The van der Waals surface area contributed by atoms with Crippen molar-refractivity contribution >= 4 is 38.3 Å². The van der Waals surface area contributed by atoms with Crippen molar-refractivity contribution < 1.29 is 9.00 Å². The first-order valence-electron chi connectivity index (χ1n) is 4.72. The second-order valence-corrected chi connectivity index (χ2v) is 5.80. The van der Waals surface area contributed by atoms with Crippen LogP contribution in [0.5, 0.6) is 0 Å². The fourth-order valence-corrected chi connectivity index (χ4v) is 3.17. The van der Waals surface area contributed by atoms with E-state index in [0.29, 0.717) is 17.0 Å². The highest BCUT2D eigenvalue weighted by Crippen LogP contribution is 2.24. The molecule has 0 fully saturated rings. The van der Waals surface area contributed by atoms with Gasteiger partial charge >= 0.3 is 0 Å². The maximum atomic E-state index is 12.1. The smallest absolute Gasteiger partial charge is 0.233 e. The minimum atomic E-state index is -1.50. The Morgan fingerprint density at radius 3 is 2.69 bits per heavy atom. The Labute approximate surface area is 105 Å². The number of carbonyl (C=O) groups excluding carboxylic acids is 1. The fraction of sp³-hybridized carbons (Fsp3) is 0.300. The molecule has 0 aliphatic heterocycles. The number of carbonyl (C=O) groups is 1. The van der Waals surface area contributed by atoms with Gasteiger partial charge in [0.1, 0.15) is 5.25 Å². The van der Waals surface area contributed by atoms with Gasteiger partial charge in [-0.05, 0) is 24.6 Å². The van der Waals surface area contributed by atoms with Gasteiger partial charge in [-0.15, -0.1) is 0 Å². The summed E-state index contributed by atoms with van der Waals surface area (Å²) in [5.41, 5.74) is 11.3. The maximum Gasteiger partial charge on any atom is 0.233 e. The van der Waals surface area contributed by atoms with Crippen LogP contribution in [0.1, 0.15) is 13.3 Å². The first-order valence-corrected chi connectivity index (χ1v) is 6.72. The van der Waals surface area contributed by atoms with E-state index in [0.717, 1.165) is 4.47 Å². The standard InChI is InChI=1S/C10H13BrN2O2S/c1-2-8(10(13)14)16(15)9-5-6(11)3-4-7(9)12/h3-5,8H,2,12H2,1H3,(H2,13,14). The lowest BCUT2D eigenvalue weighted by Crippen LogP contribution is -2.32. The predicted molar refractivity (Wildman–Crippen MR) is 68.2 cm³/mol. The largest absolute Gasteiger partial charge is 0.398 e. The van der Waals surface area contributed by atoms with E-state index >= 15 is 0 Å². The molecule has 1 aromatic rings. The summed E-state index contributed by atoms with van der Waals surface area (Å²) < 4.78 is 12.9. The van der Waals surface area contributed by atoms with E-state index in [1.807, 2.05) is 0 Å². The number of benzene rings is 1. The summed E-state index contributed by atoms with van der Waals surface area (Å²) in [6.45, 7) is 1.77. The van der Waals surface area contributed by atoms with Crippen LogP contribution < -0.4 is 11.5 Å². The molecule has 0 saturated heterocycles. The molecule has 1 amide bonds. The number of halogens is 1. The SMILES string of the molecule is CCC(C(N)=O)S(=O)c1cc(Br)ccc1N. The van der Waals surface area contributed by atoms with Crippen molar-refractivity contribution in [3.63, 3.8) is 0 Å². The Morgan fingerprint density at radius 1 is 1.56 bits per heavy atom. The van der Waals surface area contributed by atoms with Gasteiger partial charge in [0.05, 0.1) is 15.7 Å². The van der Waals surface area contributed by atoms with E-state index in [1.54, 1.807) is 25.1 Å². The van der Waals surface area contributed by atoms with Gasteiger partial charge in [-0.3, -0.25) is 9.00 Å². The molecular formula is C10H13BrN2O2S. The van der Waals surface area contributed by atoms with Crippen molar-refractivity contribution in [3.8, 4) is 0 Å². The van der Waals surface area contributed by atoms with E-state index in [9.17, 15) is 9.00 Å². The first kappa shape index (κ1) is 13.2. The number of primary amides is 1. The Balaban J connectivity index is 3.12. The molecule has 1 aromatic carbocycles. The fourth-order valence-electron chi connectivity index (χ4n) is 1.29. The minimum absolute atomic E-state index is 0.404. The summed E-state index contributed by atoms with van der Waals surface area (Å²) in [7, 11) is -1.50. The molecule has 0 bridgehead atoms. The lowest BCUT2D eigenvalue weighted by atomic mass is 10.3. The predicted octanol–water partition coefficient (Wildman–Crippen LogP) is 1.40. The third kappa shape index (κ3) is 2.82. The Morgan fingerprint density at radius 2 is 2.19 bits per heavy atom. The number of hydrogen-bond donors (Lipinski definition) is 2. The number of nitrogens with two attached hydrogens (primary N) is 2. The molecule has 16 heavy (non-hydrogen) atoms. The molecule has 0 heterocycles. The molecular weight excluding hydrogens is 292 g/mol. The van der Waals surface area contributed by atoms with Crippen LogP contribution >= 0.6 is 15.9 Å². The van der Waals surface area contributed by atoms with Crippen molar-refractivity contribution in [2.24, 2.45) is 5.73 Å². The van der Waals surface area contributed by atoms with Gasteiger partial charge in [-0.25, -0.2) is 0 Å². The highest BCUT2D eigenvalue weighted by Gasteiger charge is 2.23. The Kier molecular flexibility index (Phi) is 4.49. The molecule has 6 heteroatoms. The summed E-state index contributed by atoms with van der Waals surface area (Å²) in [5.74, 6) is -0.569. The van der Waals surface area contributed by atoms with Crippen molar-refractivity contribution in [1.29, 1.82) is 0 Å². The second-order valence-electron chi connectivity index (χ2n) is 3.28. The minimum Gasteiger partial charge on any atom is -0.398 e. The van der Waals surface area contributed by atoms with Gasteiger partial charge in [0.2, 0.25) is 5.91 Å². The molecule has 0 aromatic heterocycles. The van der Waals surface area contributed by atoms with Crippen LogP contribution in [0.3, 0.4) is 0 Å². The first-order chi connectivity index (χ1) is 7.47. The number of amides is 1. The Hall–Kier alpha value is -0.880. The van der Waals surface area contributed by atoms with Gasteiger partial charge in [0.25, 0.3) is 0 Å². The van der Waals surface area contributed by atoms with E-state index in [4.69, 9.17) is 11.5 Å². The van der Waals surface area contributed by atoms with Crippen molar-refractivity contribution in [3.05, 3.63) is 22.7 Å². The second kappa shape index (κ2) is 5.45. The van der Waals surface area contributed by atoms with Crippen molar-refractivity contribution in [1.82, 2.24) is 0 Å². The summed E-state index contributed by atoms with van der Waals surface area (Å²) in [6.07, 6.45) is 0.425. The van der Waals surface area contributed by atoms with E-state index in [2.05, 4.69) is 15.9 Å². The molecule has 0 aliphatic carbocycles. The molecule has 2 unspecified atom stereocenters. The quantitative estimate of drug-likeness (QED) is 0.824. The van der Waals surface area contributed by atoms with Crippen LogP contribution in [-0.2, 0) is 15.6 Å². The van der Waals surface area contributed by atoms with Gasteiger partial charge in [-0.2, -0.15) is 0 Å². The van der Waals surface area contributed by atoms with Crippen molar-refractivity contribution in [2.75, 3.05) is 5.73 Å². The zero-order chi connectivity index (χ0) is 12.3. The maximum absolute atomic E-state index is 12.1. The molecule has 4 N–H and O–H groups in total. The molecule has 4 nitrogen and oxygen atoms in total. The molecule has 2 atom stereocenters.